The summed E-state index contributed by atoms with van der Waals surface area (Å²) in [7, 11) is 1.86. The molecular weight excluding hydrogens is 272 g/mol. The average molecular weight is 289 g/mol. The Morgan fingerprint density at radius 1 is 1.20 bits per heavy atom. The van der Waals surface area contributed by atoms with Crippen molar-refractivity contribution in [3.63, 3.8) is 0 Å². The Morgan fingerprint density at radius 3 is 2.75 bits per heavy atom. The average Bonchev–Trinajstić information content (AvgIpc) is 2.48. The zero-order valence-corrected chi connectivity index (χ0v) is 12.1. The summed E-state index contributed by atoms with van der Waals surface area (Å²) in [6, 6.07) is 13.7. The van der Waals surface area contributed by atoms with Crippen molar-refractivity contribution in [2.24, 2.45) is 0 Å². The molecule has 0 fully saturated rings. The molecule has 0 saturated heterocycles. The highest BCUT2D eigenvalue weighted by Crippen LogP contribution is 2.17. The van der Waals surface area contributed by atoms with Crippen LogP contribution in [-0.4, -0.2) is 18.6 Å². The first kappa shape index (κ1) is 14.6. The Balaban J connectivity index is 1.91. The van der Waals surface area contributed by atoms with Gasteiger partial charge < -0.3 is 10.1 Å². The number of benzene rings is 1. The summed E-state index contributed by atoms with van der Waals surface area (Å²) in [5, 5.41) is 3.67. The van der Waals surface area contributed by atoms with Gasteiger partial charge in [-0.3, -0.25) is 0 Å². The summed E-state index contributed by atoms with van der Waals surface area (Å²) in [5.74, 6) is 0.581. The van der Waals surface area contributed by atoms with Gasteiger partial charge in [0, 0.05) is 12.6 Å². The summed E-state index contributed by atoms with van der Waals surface area (Å²) in [4.78, 5) is 4.36. The first-order valence-corrected chi connectivity index (χ1v) is 6.82. The van der Waals surface area contributed by atoms with Crippen LogP contribution in [0, 0.1) is 0 Å². The molecule has 0 aliphatic carbocycles. The predicted molar refractivity (Wildman–Crippen MR) is 83.0 cm³/mol. The predicted octanol–water partition coefficient (Wildman–Crippen LogP) is 3.55. The minimum absolute atomic E-state index is 0.475. The SMILES string of the molecule is CNCc1nc(OCC=Cc2ccccc2)ccc1Cl. The summed E-state index contributed by atoms with van der Waals surface area (Å²) < 4.78 is 5.59. The van der Waals surface area contributed by atoms with Crippen LogP contribution < -0.4 is 10.1 Å². The molecule has 1 aromatic carbocycles. The third-order valence-corrected chi connectivity index (χ3v) is 3.02. The molecule has 1 N–H and O–H groups in total. The van der Waals surface area contributed by atoms with Crippen molar-refractivity contribution in [2.75, 3.05) is 13.7 Å². The quantitative estimate of drug-likeness (QED) is 0.883. The lowest BCUT2D eigenvalue weighted by Crippen LogP contribution is -2.08. The molecule has 20 heavy (non-hydrogen) atoms. The monoisotopic (exact) mass is 288 g/mol. The number of hydrogen-bond donors (Lipinski definition) is 1. The standard InChI is InChI=1S/C16H17ClN2O/c1-18-12-15-14(17)9-10-16(19-15)20-11-5-8-13-6-3-2-4-7-13/h2-10,18H,11-12H2,1H3. The Kier molecular flexibility index (Phi) is 5.59. The third-order valence-electron chi connectivity index (χ3n) is 2.67. The number of rotatable bonds is 6. The minimum atomic E-state index is 0.475. The van der Waals surface area contributed by atoms with Crippen LogP contribution in [0.5, 0.6) is 5.88 Å². The highest BCUT2D eigenvalue weighted by molar-refractivity contribution is 6.31. The molecule has 4 heteroatoms. The molecule has 0 bridgehead atoms. The van der Waals surface area contributed by atoms with E-state index in [4.69, 9.17) is 16.3 Å². The first-order chi connectivity index (χ1) is 9.79. The molecule has 0 atom stereocenters. The number of pyridine rings is 1. The first-order valence-electron chi connectivity index (χ1n) is 6.44. The maximum Gasteiger partial charge on any atom is 0.213 e. The second kappa shape index (κ2) is 7.68. The lowest BCUT2D eigenvalue weighted by Gasteiger charge is -2.06. The molecule has 0 spiro atoms. The highest BCUT2D eigenvalue weighted by atomic mass is 35.5. The summed E-state index contributed by atoms with van der Waals surface area (Å²) in [5.41, 5.74) is 1.94. The smallest absolute Gasteiger partial charge is 0.213 e. The number of ether oxygens (including phenoxy) is 1. The van der Waals surface area contributed by atoms with Crippen molar-refractivity contribution in [1.29, 1.82) is 0 Å². The van der Waals surface area contributed by atoms with Gasteiger partial charge in [0.15, 0.2) is 0 Å². The van der Waals surface area contributed by atoms with Gasteiger partial charge in [-0.25, -0.2) is 4.98 Å². The molecule has 104 valence electrons. The molecule has 0 aliphatic rings. The molecule has 1 aromatic heterocycles. The Labute approximate surface area is 124 Å². The van der Waals surface area contributed by atoms with Gasteiger partial charge in [-0.2, -0.15) is 0 Å². The fourth-order valence-corrected chi connectivity index (χ4v) is 1.89. The highest BCUT2D eigenvalue weighted by Gasteiger charge is 2.03. The van der Waals surface area contributed by atoms with Gasteiger partial charge in [-0.1, -0.05) is 48.0 Å². The van der Waals surface area contributed by atoms with Crippen molar-refractivity contribution >= 4 is 17.7 Å². The van der Waals surface area contributed by atoms with Crippen LogP contribution in [0.25, 0.3) is 6.08 Å². The Morgan fingerprint density at radius 2 is 2.00 bits per heavy atom. The maximum absolute atomic E-state index is 6.04. The molecule has 3 nitrogen and oxygen atoms in total. The lowest BCUT2D eigenvalue weighted by molar-refractivity contribution is 0.347. The van der Waals surface area contributed by atoms with Crippen molar-refractivity contribution in [3.8, 4) is 5.88 Å². The summed E-state index contributed by atoms with van der Waals surface area (Å²) in [6.07, 6.45) is 3.98. The Hall–Kier alpha value is -1.84. The summed E-state index contributed by atoms with van der Waals surface area (Å²) in [6.45, 7) is 1.10. The van der Waals surface area contributed by atoms with E-state index in [1.54, 1.807) is 12.1 Å². The molecule has 0 radical (unpaired) electrons. The number of hydrogen-bond acceptors (Lipinski definition) is 3. The van der Waals surface area contributed by atoms with Crippen LogP contribution in [0.3, 0.4) is 0 Å². The summed E-state index contributed by atoms with van der Waals surface area (Å²) >= 11 is 6.04. The van der Waals surface area contributed by atoms with Gasteiger partial charge in [0.05, 0.1) is 10.7 Å². The number of aromatic nitrogens is 1. The molecule has 0 saturated carbocycles. The third kappa shape index (κ3) is 4.37. The molecule has 0 unspecified atom stereocenters. The Bertz CT molecular complexity index is 570. The van der Waals surface area contributed by atoms with Gasteiger partial charge in [0.2, 0.25) is 5.88 Å². The molecule has 0 amide bonds. The molecular formula is C16H17ClN2O. The second-order valence-corrected chi connectivity index (χ2v) is 4.64. The fourth-order valence-electron chi connectivity index (χ4n) is 1.72. The van der Waals surface area contributed by atoms with Crippen molar-refractivity contribution in [2.45, 2.75) is 6.54 Å². The van der Waals surface area contributed by atoms with E-state index in [0.29, 0.717) is 24.1 Å². The number of halogens is 1. The van der Waals surface area contributed by atoms with E-state index in [9.17, 15) is 0 Å². The van der Waals surface area contributed by atoms with Crippen LogP contribution in [0.4, 0.5) is 0 Å². The van der Waals surface area contributed by atoms with Gasteiger partial charge in [0.25, 0.3) is 0 Å². The van der Waals surface area contributed by atoms with Crippen LogP contribution in [0.15, 0.2) is 48.5 Å². The zero-order chi connectivity index (χ0) is 14.2. The largest absolute Gasteiger partial charge is 0.473 e. The zero-order valence-electron chi connectivity index (χ0n) is 11.3. The molecule has 2 rings (SSSR count). The van der Waals surface area contributed by atoms with Crippen LogP contribution in [-0.2, 0) is 6.54 Å². The van der Waals surface area contributed by atoms with E-state index in [-0.39, 0.29) is 0 Å². The van der Waals surface area contributed by atoms with Gasteiger partial charge >= 0.3 is 0 Å². The van der Waals surface area contributed by atoms with E-state index in [0.717, 1.165) is 11.3 Å². The van der Waals surface area contributed by atoms with Gasteiger partial charge in [-0.05, 0) is 24.8 Å². The van der Waals surface area contributed by atoms with E-state index >= 15 is 0 Å². The van der Waals surface area contributed by atoms with Crippen LogP contribution in [0.1, 0.15) is 11.3 Å². The van der Waals surface area contributed by atoms with E-state index < -0.39 is 0 Å². The lowest BCUT2D eigenvalue weighted by atomic mass is 10.2. The van der Waals surface area contributed by atoms with Crippen molar-refractivity contribution < 1.29 is 4.74 Å². The normalized spacial score (nSPS) is 10.9. The molecule has 0 aliphatic heterocycles. The molecule has 2 aromatic rings. The van der Waals surface area contributed by atoms with E-state index in [1.807, 2.05) is 49.5 Å². The van der Waals surface area contributed by atoms with Crippen molar-refractivity contribution in [1.82, 2.24) is 10.3 Å². The molecule has 1 heterocycles. The maximum atomic E-state index is 6.04. The van der Waals surface area contributed by atoms with Gasteiger partial charge in [0.1, 0.15) is 6.61 Å². The number of nitrogens with one attached hydrogen (secondary N) is 1. The van der Waals surface area contributed by atoms with Gasteiger partial charge in [-0.15, -0.1) is 0 Å². The van der Waals surface area contributed by atoms with Crippen molar-refractivity contribution in [3.05, 3.63) is 64.8 Å². The fraction of sp³-hybridized carbons (Fsp3) is 0.188. The topological polar surface area (TPSA) is 34.2 Å². The van der Waals surface area contributed by atoms with E-state index in [1.165, 1.54) is 0 Å². The minimum Gasteiger partial charge on any atom is -0.473 e. The number of nitrogens with zero attached hydrogens (tertiary/aromatic N) is 1. The van der Waals surface area contributed by atoms with Crippen LogP contribution >= 0.6 is 11.6 Å². The van der Waals surface area contributed by atoms with E-state index in [2.05, 4.69) is 10.3 Å². The second-order valence-electron chi connectivity index (χ2n) is 4.23. The van der Waals surface area contributed by atoms with Crippen LogP contribution in [0.2, 0.25) is 5.02 Å².